The highest BCUT2D eigenvalue weighted by atomic mass is 32.1. The molecule has 0 atom stereocenters. The first-order chi connectivity index (χ1) is 12.3. The van der Waals surface area contributed by atoms with Crippen LogP contribution in [0.5, 0.6) is 11.5 Å². The number of carbonyl (C=O) groups excluding carboxylic acids is 2. The molecular weight excluding hydrogens is 362 g/mol. The lowest BCUT2D eigenvalue weighted by molar-refractivity contribution is -0.386. The van der Waals surface area contributed by atoms with Gasteiger partial charge in [-0.05, 0) is 36.8 Å². The lowest BCUT2D eigenvalue weighted by Gasteiger charge is -2.27. The molecule has 0 saturated carbocycles. The molecule has 0 aromatic heterocycles. The maximum atomic E-state index is 12.5. The molecule has 1 aliphatic heterocycles. The van der Waals surface area contributed by atoms with E-state index in [2.05, 4.69) is 11.9 Å². The number of phenolic OH excluding ortho intramolecular Hbond substituents is 1. The van der Waals surface area contributed by atoms with Crippen LogP contribution in [0, 0.1) is 10.1 Å². The number of thiocarbonyl (C=S) groups is 1. The number of hydrogen-bond acceptors (Lipinski definition) is 7. The molecule has 2 N–H and O–H groups in total. The Morgan fingerprint density at radius 2 is 2.15 bits per heavy atom. The Morgan fingerprint density at radius 1 is 1.46 bits per heavy atom. The fraction of sp³-hybridized carbons (Fsp3) is 0.188. The van der Waals surface area contributed by atoms with Crippen LogP contribution in [0.2, 0.25) is 0 Å². The third kappa shape index (κ3) is 3.70. The zero-order valence-electron chi connectivity index (χ0n) is 13.7. The number of rotatable bonds is 6. The van der Waals surface area contributed by atoms with Crippen LogP contribution in [0.3, 0.4) is 0 Å². The van der Waals surface area contributed by atoms with Crippen molar-refractivity contribution in [2.75, 3.05) is 13.2 Å². The molecule has 0 bridgehead atoms. The Kier molecular flexibility index (Phi) is 5.68. The highest BCUT2D eigenvalue weighted by Crippen LogP contribution is 2.37. The van der Waals surface area contributed by atoms with Crippen molar-refractivity contribution in [1.29, 1.82) is 0 Å². The summed E-state index contributed by atoms with van der Waals surface area (Å²) in [4.78, 5) is 36.1. The van der Waals surface area contributed by atoms with Crippen molar-refractivity contribution in [2.24, 2.45) is 0 Å². The highest BCUT2D eigenvalue weighted by Gasteiger charge is 2.33. The van der Waals surface area contributed by atoms with Gasteiger partial charge in [-0.2, -0.15) is 0 Å². The van der Waals surface area contributed by atoms with Crippen LogP contribution in [-0.2, 0) is 9.59 Å². The molecule has 0 spiro atoms. The average Bonchev–Trinajstić information content (AvgIpc) is 2.57. The zero-order valence-corrected chi connectivity index (χ0v) is 14.5. The Labute approximate surface area is 153 Å². The molecule has 1 heterocycles. The first-order valence-corrected chi connectivity index (χ1v) is 7.84. The highest BCUT2D eigenvalue weighted by molar-refractivity contribution is 7.80. The fourth-order valence-electron chi connectivity index (χ4n) is 2.26. The Bertz CT molecular complexity index is 849. The Balaban J connectivity index is 2.54. The predicted molar refractivity (Wildman–Crippen MR) is 96.6 cm³/mol. The summed E-state index contributed by atoms with van der Waals surface area (Å²) in [7, 11) is 0. The van der Waals surface area contributed by atoms with Crippen LogP contribution in [0.4, 0.5) is 5.69 Å². The number of aromatic hydroxyl groups is 1. The van der Waals surface area contributed by atoms with Gasteiger partial charge in [0.15, 0.2) is 10.9 Å². The fourth-order valence-corrected chi connectivity index (χ4v) is 2.51. The molecule has 26 heavy (non-hydrogen) atoms. The van der Waals surface area contributed by atoms with Crippen molar-refractivity contribution in [2.45, 2.75) is 6.92 Å². The first kappa shape index (κ1) is 19.1. The molecule has 1 aliphatic rings. The lowest BCUT2D eigenvalue weighted by atomic mass is 10.1. The molecule has 1 aromatic carbocycles. The monoisotopic (exact) mass is 377 g/mol. The summed E-state index contributed by atoms with van der Waals surface area (Å²) in [5.74, 6) is -2.15. The number of benzene rings is 1. The molecular formula is C16H15N3O6S. The Hall–Kier alpha value is -3.27. The van der Waals surface area contributed by atoms with Gasteiger partial charge in [-0.25, -0.2) is 0 Å². The summed E-state index contributed by atoms with van der Waals surface area (Å²) in [6.07, 6.45) is 2.61. The summed E-state index contributed by atoms with van der Waals surface area (Å²) in [6, 6.07) is 2.33. The summed E-state index contributed by atoms with van der Waals surface area (Å²) in [5.41, 5.74) is -0.726. The number of nitro benzene ring substituents is 1. The maximum Gasteiger partial charge on any atom is 0.315 e. The second kappa shape index (κ2) is 7.74. The van der Waals surface area contributed by atoms with E-state index in [0.717, 1.165) is 11.0 Å². The number of carbonyl (C=O) groups is 2. The van der Waals surface area contributed by atoms with Gasteiger partial charge in [0.05, 0.1) is 11.5 Å². The van der Waals surface area contributed by atoms with Crippen molar-refractivity contribution in [1.82, 2.24) is 10.2 Å². The van der Waals surface area contributed by atoms with Crippen molar-refractivity contribution in [3.05, 3.63) is 46.0 Å². The van der Waals surface area contributed by atoms with Gasteiger partial charge < -0.3 is 9.84 Å². The first-order valence-electron chi connectivity index (χ1n) is 7.44. The topological polar surface area (TPSA) is 122 Å². The van der Waals surface area contributed by atoms with Gasteiger partial charge in [0.25, 0.3) is 11.8 Å². The number of amides is 2. The van der Waals surface area contributed by atoms with Crippen molar-refractivity contribution >= 4 is 40.9 Å². The van der Waals surface area contributed by atoms with Gasteiger partial charge in [0, 0.05) is 12.6 Å². The quantitative estimate of drug-likeness (QED) is 0.192. The molecule has 10 heteroatoms. The van der Waals surface area contributed by atoms with Crippen molar-refractivity contribution in [3.63, 3.8) is 0 Å². The van der Waals surface area contributed by atoms with E-state index in [-0.39, 0.29) is 35.2 Å². The van der Waals surface area contributed by atoms with Gasteiger partial charge in [-0.1, -0.05) is 6.08 Å². The van der Waals surface area contributed by atoms with Gasteiger partial charge in [-0.15, -0.1) is 6.58 Å². The minimum atomic E-state index is -0.790. The zero-order chi connectivity index (χ0) is 19.4. The van der Waals surface area contributed by atoms with Gasteiger partial charge >= 0.3 is 5.69 Å². The summed E-state index contributed by atoms with van der Waals surface area (Å²) in [5, 5.41) is 23.3. The number of nitrogens with one attached hydrogen (secondary N) is 1. The van der Waals surface area contributed by atoms with Crippen LogP contribution >= 0.6 is 12.2 Å². The van der Waals surface area contributed by atoms with Crippen LogP contribution < -0.4 is 10.1 Å². The lowest BCUT2D eigenvalue weighted by Crippen LogP contribution is -2.53. The van der Waals surface area contributed by atoms with E-state index in [1.165, 1.54) is 18.2 Å². The normalized spacial score (nSPS) is 15.8. The maximum absolute atomic E-state index is 12.5. The molecule has 0 unspecified atom stereocenters. The van der Waals surface area contributed by atoms with Crippen LogP contribution in [0.25, 0.3) is 6.08 Å². The molecule has 9 nitrogen and oxygen atoms in total. The van der Waals surface area contributed by atoms with Gasteiger partial charge in [-0.3, -0.25) is 29.9 Å². The van der Waals surface area contributed by atoms with E-state index in [1.807, 2.05) is 0 Å². The van der Waals surface area contributed by atoms with Gasteiger partial charge in [0.1, 0.15) is 5.57 Å². The SMILES string of the molecule is C=CCN1C(=O)/C(=C\c2cc(OCC)c(O)c([N+](=O)[O-])c2)C(=O)NC1=S. The summed E-state index contributed by atoms with van der Waals surface area (Å²) >= 11 is 4.95. The van der Waals surface area contributed by atoms with E-state index in [4.69, 9.17) is 17.0 Å². The van der Waals surface area contributed by atoms with Crippen molar-refractivity contribution in [3.8, 4) is 11.5 Å². The number of nitrogens with zero attached hydrogens (tertiary/aromatic N) is 2. The summed E-state index contributed by atoms with van der Waals surface area (Å²) in [6.45, 7) is 5.41. The Morgan fingerprint density at radius 3 is 2.73 bits per heavy atom. The van der Waals surface area contributed by atoms with Gasteiger partial charge in [0.2, 0.25) is 5.75 Å². The third-order valence-electron chi connectivity index (χ3n) is 3.38. The van der Waals surface area contributed by atoms with E-state index >= 15 is 0 Å². The number of phenols is 1. The van der Waals surface area contributed by atoms with Crippen LogP contribution in [0.1, 0.15) is 12.5 Å². The van der Waals surface area contributed by atoms with E-state index in [9.17, 15) is 24.8 Å². The molecule has 0 radical (unpaired) electrons. The standard InChI is InChI=1S/C16H15N3O6S/c1-3-5-18-15(22)10(14(21)17-16(18)26)6-9-7-11(19(23)24)13(20)12(8-9)25-4-2/h3,6-8,20H,1,4-5H2,2H3,(H,17,21,26)/b10-6-. The van der Waals surface area contributed by atoms with E-state index < -0.39 is 28.2 Å². The minimum Gasteiger partial charge on any atom is -0.500 e. The minimum absolute atomic E-state index is 0.0521. The number of hydrogen-bond donors (Lipinski definition) is 2. The number of ether oxygens (including phenoxy) is 1. The largest absolute Gasteiger partial charge is 0.500 e. The molecule has 136 valence electrons. The molecule has 2 amide bonds. The average molecular weight is 377 g/mol. The number of nitro groups is 1. The predicted octanol–water partition coefficient (Wildman–Crippen LogP) is 1.51. The molecule has 2 rings (SSSR count). The second-order valence-corrected chi connectivity index (χ2v) is 5.49. The van der Waals surface area contributed by atoms with Crippen molar-refractivity contribution < 1.29 is 24.4 Å². The molecule has 0 aliphatic carbocycles. The van der Waals surface area contributed by atoms with E-state index in [0.29, 0.717) is 0 Å². The molecule has 1 aromatic rings. The second-order valence-electron chi connectivity index (χ2n) is 5.10. The van der Waals surface area contributed by atoms with E-state index in [1.54, 1.807) is 6.92 Å². The van der Waals surface area contributed by atoms with Crippen LogP contribution in [-0.4, -0.2) is 45.0 Å². The molecule has 1 saturated heterocycles. The molecule has 1 fully saturated rings. The smallest absolute Gasteiger partial charge is 0.315 e. The summed E-state index contributed by atoms with van der Waals surface area (Å²) < 4.78 is 5.17. The third-order valence-corrected chi connectivity index (χ3v) is 3.70. The van der Waals surface area contributed by atoms with Crippen LogP contribution in [0.15, 0.2) is 30.4 Å².